The van der Waals surface area contributed by atoms with Crippen molar-refractivity contribution in [1.29, 1.82) is 0 Å². The Labute approximate surface area is 189 Å². The topological polar surface area (TPSA) is 52.0 Å². The average Bonchev–Trinajstić information content (AvgIpc) is 3.14. The normalized spacial score (nSPS) is 12.2. The second-order valence-corrected chi connectivity index (χ2v) is 9.43. The van der Waals surface area contributed by atoms with E-state index in [0.29, 0.717) is 21.3 Å². The maximum absolute atomic E-state index is 13.5. The van der Waals surface area contributed by atoms with Gasteiger partial charge in [-0.15, -0.1) is 0 Å². The van der Waals surface area contributed by atoms with Crippen LogP contribution in [-0.4, -0.2) is 17.4 Å². The van der Waals surface area contributed by atoms with Crippen molar-refractivity contribution in [2.75, 3.05) is 0 Å². The van der Waals surface area contributed by atoms with Crippen LogP contribution < -0.4 is 0 Å². The first kappa shape index (κ1) is 20.4. The molecule has 0 aliphatic carbocycles. The molecule has 158 valence electrons. The maximum Gasteiger partial charge on any atom is 0.269 e. The third-order valence-electron chi connectivity index (χ3n) is 5.18. The Bertz CT molecular complexity index is 1610. The molecule has 0 amide bonds. The van der Waals surface area contributed by atoms with Crippen molar-refractivity contribution in [2.24, 2.45) is 0 Å². The Morgan fingerprint density at radius 1 is 0.875 bits per heavy atom. The quantitative estimate of drug-likeness (QED) is 0.291. The van der Waals surface area contributed by atoms with Gasteiger partial charge in [-0.3, -0.25) is 0 Å². The van der Waals surface area contributed by atoms with Crippen LogP contribution in [0.4, 0.5) is 4.39 Å². The van der Waals surface area contributed by atoms with Crippen LogP contribution in [0.2, 0.25) is 5.02 Å². The molecule has 0 N–H and O–H groups in total. The molecule has 0 unspecified atom stereocenters. The van der Waals surface area contributed by atoms with Crippen LogP contribution in [0.1, 0.15) is 11.1 Å². The Hall–Kier alpha value is -3.48. The molecule has 0 atom stereocenters. The molecule has 0 fully saturated rings. The molecule has 0 radical (unpaired) electrons. The van der Waals surface area contributed by atoms with Crippen LogP contribution >= 0.6 is 11.6 Å². The number of fused-ring (bicyclic) bond motifs is 3. The summed E-state index contributed by atoms with van der Waals surface area (Å²) in [6, 6.07) is 21.5. The molecule has 5 rings (SSSR count). The van der Waals surface area contributed by atoms with E-state index in [9.17, 15) is 12.8 Å². The number of hydrogen-bond acceptors (Lipinski definition) is 3. The van der Waals surface area contributed by atoms with E-state index < -0.39 is 10.0 Å². The number of pyridine rings is 1. The van der Waals surface area contributed by atoms with E-state index >= 15 is 0 Å². The summed E-state index contributed by atoms with van der Waals surface area (Å²) >= 11 is 6.48. The second kappa shape index (κ2) is 7.89. The first-order chi connectivity index (χ1) is 15.4. The summed E-state index contributed by atoms with van der Waals surface area (Å²) in [6.45, 7) is 0. The minimum atomic E-state index is -3.90. The first-order valence-corrected chi connectivity index (χ1v) is 11.6. The summed E-state index contributed by atoms with van der Waals surface area (Å²) in [5, 5.41) is 1.64. The number of benzene rings is 3. The van der Waals surface area contributed by atoms with Crippen molar-refractivity contribution in [2.45, 2.75) is 4.90 Å². The van der Waals surface area contributed by atoms with E-state index in [1.54, 1.807) is 60.7 Å². The fourth-order valence-electron chi connectivity index (χ4n) is 3.72. The maximum atomic E-state index is 13.5. The SMILES string of the molecule is O=S(=O)(c1ccccc1)n1c2ccc(C=Cc3cccc(F)c3)cc2c2c(Cl)ccnc21. The Morgan fingerprint density at radius 3 is 2.38 bits per heavy atom. The van der Waals surface area contributed by atoms with E-state index in [2.05, 4.69) is 4.98 Å². The fourth-order valence-corrected chi connectivity index (χ4v) is 5.46. The van der Waals surface area contributed by atoms with Gasteiger partial charge < -0.3 is 0 Å². The lowest BCUT2D eigenvalue weighted by molar-refractivity contribution is 0.590. The van der Waals surface area contributed by atoms with E-state index in [4.69, 9.17) is 11.6 Å². The van der Waals surface area contributed by atoms with Crippen LogP contribution in [0.3, 0.4) is 0 Å². The molecular formula is C25H16ClFN2O2S. The number of rotatable bonds is 4. The highest BCUT2D eigenvalue weighted by Gasteiger charge is 2.25. The highest BCUT2D eigenvalue weighted by molar-refractivity contribution is 7.90. The molecule has 0 saturated carbocycles. The van der Waals surface area contributed by atoms with Gasteiger partial charge in [0.05, 0.1) is 15.4 Å². The Morgan fingerprint density at radius 2 is 1.62 bits per heavy atom. The number of aromatic nitrogens is 2. The van der Waals surface area contributed by atoms with E-state index in [0.717, 1.165) is 11.1 Å². The summed E-state index contributed by atoms with van der Waals surface area (Å²) in [4.78, 5) is 4.51. The molecule has 4 nitrogen and oxygen atoms in total. The van der Waals surface area contributed by atoms with Crippen LogP contribution in [-0.2, 0) is 10.0 Å². The molecule has 7 heteroatoms. The molecule has 2 aromatic heterocycles. The molecule has 0 saturated heterocycles. The smallest absolute Gasteiger partial charge is 0.237 e. The molecule has 2 heterocycles. The first-order valence-electron chi connectivity index (χ1n) is 9.78. The highest BCUT2D eigenvalue weighted by atomic mass is 35.5. The van der Waals surface area contributed by atoms with Crippen LogP contribution in [0, 0.1) is 5.82 Å². The van der Waals surface area contributed by atoms with Gasteiger partial charge in [0.15, 0.2) is 5.65 Å². The van der Waals surface area contributed by atoms with Gasteiger partial charge in [0.1, 0.15) is 5.82 Å². The van der Waals surface area contributed by atoms with E-state index in [-0.39, 0.29) is 16.4 Å². The van der Waals surface area contributed by atoms with Crippen molar-refractivity contribution in [1.82, 2.24) is 8.96 Å². The zero-order chi connectivity index (χ0) is 22.3. The number of halogens is 2. The average molecular weight is 463 g/mol. The summed E-state index contributed by atoms with van der Waals surface area (Å²) < 4.78 is 41.7. The minimum absolute atomic E-state index is 0.163. The third-order valence-corrected chi connectivity index (χ3v) is 7.21. The lowest BCUT2D eigenvalue weighted by Crippen LogP contribution is -2.13. The van der Waals surface area contributed by atoms with E-state index in [1.165, 1.54) is 22.3 Å². The standard InChI is InChI=1S/C25H16ClFN2O2S/c26-22-13-14-28-25-24(22)21-16-18(10-9-17-5-4-6-19(27)15-17)11-12-23(21)29(25)32(30,31)20-7-2-1-3-8-20/h1-16H. The van der Waals surface area contributed by atoms with Gasteiger partial charge in [0.2, 0.25) is 0 Å². The van der Waals surface area contributed by atoms with Gasteiger partial charge in [-0.1, -0.05) is 60.2 Å². The summed E-state index contributed by atoms with van der Waals surface area (Å²) in [6.07, 6.45) is 5.13. The van der Waals surface area contributed by atoms with Gasteiger partial charge in [0.25, 0.3) is 10.0 Å². The van der Waals surface area contributed by atoms with Crippen molar-refractivity contribution < 1.29 is 12.8 Å². The lowest BCUT2D eigenvalue weighted by Gasteiger charge is -2.08. The van der Waals surface area contributed by atoms with Crippen molar-refractivity contribution in [3.8, 4) is 0 Å². The molecule has 3 aromatic carbocycles. The highest BCUT2D eigenvalue weighted by Crippen LogP contribution is 2.36. The molecule has 0 bridgehead atoms. The summed E-state index contributed by atoms with van der Waals surface area (Å²) in [5.74, 6) is -0.311. The fraction of sp³-hybridized carbons (Fsp3) is 0. The third kappa shape index (κ3) is 3.47. The van der Waals surface area contributed by atoms with Gasteiger partial charge >= 0.3 is 0 Å². The minimum Gasteiger partial charge on any atom is -0.237 e. The van der Waals surface area contributed by atoms with Gasteiger partial charge in [-0.25, -0.2) is 21.8 Å². The molecular weight excluding hydrogens is 447 g/mol. The summed E-state index contributed by atoms with van der Waals surface area (Å²) in [5.41, 5.74) is 2.28. The van der Waals surface area contributed by atoms with Gasteiger partial charge in [0, 0.05) is 17.0 Å². The van der Waals surface area contributed by atoms with Crippen LogP contribution in [0.25, 0.3) is 34.1 Å². The Balaban J connectivity index is 1.73. The second-order valence-electron chi connectivity index (χ2n) is 7.24. The van der Waals surface area contributed by atoms with Crippen LogP contribution in [0.15, 0.2) is 90.0 Å². The predicted molar refractivity (Wildman–Crippen MR) is 127 cm³/mol. The zero-order valence-corrected chi connectivity index (χ0v) is 18.2. The molecule has 0 aliphatic rings. The molecule has 5 aromatic rings. The van der Waals surface area contributed by atoms with Crippen molar-refractivity contribution in [3.05, 3.63) is 107 Å². The van der Waals surface area contributed by atoms with Gasteiger partial charge in [-0.2, -0.15) is 0 Å². The Kier molecular flexibility index (Phi) is 5.04. The lowest BCUT2D eigenvalue weighted by atomic mass is 10.1. The van der Waals surface area contributed by atoms with Crippen molar-refractivity contribution >= 4 is 55.7 Å². The predicted octanol–water partition coefficient (Wildman–Crippen LogP) is 6.39. The zero-order valence-electron chi connectivity index (χ0n) is 16.6. The number of nitrogens with zero attached hydrogens (tertiary/aromatic N) is 2. The largest absolute Gasteiger partial charge is 0.269 e. The molecule has 32 heavy (non-hydrogen) atoms. The van der Waals surface area contributed by atoms with E-state index in [1.807, 2.05) is 18.2 Å². The monoisotopic (exact) mass is 462 g/mol. The van der Waals surface area contributed by atoms with Crippen LogP contribution in [0.5, 0.6) is 0 Å². The number of hydrogen-bond donors (Lipinski definition) is 0. The molecule has 0 spiro atoms. The van der Waals surface area contributed by atoms with Crippen molar-refractivity contribution in [3.63, 3.8) is 0 Å². The summed E-state index contributed by atoms with van der Waals surface area (Å²) in [7, 11) is -3.90. The van der Waals surface area contributed by atoms with Gasteiger partial charge in [-0.05, 0) is 53.6 Å². The molecule has 0 aliphatic heterocycles.